The first-order valence-electron chi connectivity index (χ1n) is 7.64. The number of hydrogen-bond acceptors (Lipinski definition) is 4. The van der Waals surface area contributed by atoms with E-state index >= 15 is 0 Å². The first kappa shape index (κ1) is 16.2. The molecule has 8 heteroatoms. The molecule has 128 valence electrons. The van der Waals surface area contributed by atoms with Crippen molar-refractivity contribution in [2.75, 3.05) is 5.32 Å². The van der Waals surface area contributed by atoms with Gasteiger partial charge in [-0.15, -0.1) is 0 Å². The highest BCUT2D eigenvalue weighted by atomic mass is 35.5. The average molecular weight is 368 g/mol. The van der Waals surface area contributed by atoms with Crippen molar-refractivity contribution >= 4 is 28.8 Å². The summed E-state index contributed by atoms with van der Waals surface area (Å²) >= 11 is 5.84. The SMILES string of the molecule is O=C(Nc1cccnc1)c1cnc2ccc(-c3cccc(Cl)c3F)nn12. The Morgan fingerprint density at radius 1 is 1.12 bits per heavy atom. The quantitative estimate of drug-likeness (QED) is 0.597. The lowest BCUT2D eigenvalue weighted by Gasteiger charge is -2.07. The van der Waals surface area contributed by atoms with Crippen molar-refractivity contribution in [2.45, 2.75) is 0 Å². The predicted molar refractivity (Wildman–Crippen MR) is 95.6 cm³/mol. The van der Waals surface area contributed by atoms with Crippen LogP contribution < -0.4 is 5.32 Å². The van der Waals surface area contributed by atoms with E-state index in [4.69, 9.17) is 11.6 Å². The van der Waals surface area contributed by atoms with Crippen LogP contribution in [0.5, 0.6) is 0 Å². The second kappa shape index (κ2) is 6.53. The van der Waals surface area contributed by atoms with E-state index in [1.807, 2.05) is 0 Å². The normalized spacial score (nSPS) is 10.8. The molecule has 0 spiro atoms. The first-order valence-corrected chi connectivity index (χ1v) is 8.02. The molecule has 4 aromatic rings. The third-order valence-electron chi connectivity index (χ3n) is 3.74. The van der Waals surface area contributed by atoms with E-state index in [0.717, 1.165) is 0 Å². The molecule has 26 heavy (non-hydrogen) atoms. The second-order valence-electron chi connectivity index (χ2n) is 5.43. The topological polar surface area (TPSA) is 72.2 Å². The van der Waals surface area contributed by atoms with E-state index in [2.05, 4.69) is 20.4 Å². The number of carbonyl (C=O) groups excluding carboxylic acids is 1. The van der Waals surface area contributed by atoms with E-state index < -0.39 is 11.7 Å². The van der Waals surface area contributed by atoms with Crippen LogP contribution in [-0.2, 0) is 0 Å². The molecular weight excluding hydrogens is 357 g/mol. The van der Waals surface area contributed by atoms with Crippen molar-refractivity contribution < 1.29 is 9.18 Å². The lowest BCUT2D eigenvalue weighted by molar-refractivity contribution is 0.102. The molecule has 0 aliphatic carbocycles. The third kappa shape index (κ3) is 2.89. The molecule has 1 N–H and O–H groups in total. The van der Waals surface area contributed by atoms with Gasteiger partial charge in [0, 0.05) is 11.8 Å². The Morgan fingerprint density at radius 2 is 2.00 bits per heavy atom. The number of hydrogen-bond donors (Lipinski definition) is 1. The number of carbonyl (C=O) groups is 1. The zero-order valence-corrected chi connectivity index (χ0v) is 14.0. The molecule has 3 aromatic heterocycles. The van der Waals surface area contributed by atoms with E-state index in [-0.39, 0.29) is 16.3 Å². The van der Waals surface area contributed by atoms with Crippen LogP contribution >= 0.6 is 11.6 Å². The molecule has 0 saturated carbocycles. The molecule has 1 aromatic carbocycles. The van der Waals surface area contributed by atoms with Gasteiger partial charge in [0.25, 0.3) is 5.91 Å². The number of rotatable bonds is 3. The molecule has 0 unspecified atom stereocenters. The van der Waals surface area contributed by atoms with Crippen LogP contribution in [0.1, 0.15) is 10.5 Å². The number of amides is 1. The minimum absolute atomic E-state index is 0.00423. The van der Waals surface area contributed by atoms with Crippen molar-refractivity contribution in [3.05, 3.63) is 77.6 Å². The van der Waals surface area contributed by atoms with Gasteiger partial charge in [-0.1, -0.05) is 17.7 Å². The second-order valence-corrected chi connectivity index (χ2v) is 5.84. The fourth-order valence-corrected chi connectivity index (χ4v) is 2.68. The Labute approximate surface area is 152 Å². The molecule has 0 atom stereocenters. The number of benzene rings is 1. The van der Waals surface area contributed by atoms with Crippen LogP contribution in [-0.4, -0.2) is 25.5 Å². The zero-order valence-electron chi connectivity index (χ0n) is 13.2. The summed E-state index contributed by atoms with van der Waals surface area (Å²) < 4.78 is 15.6. The molecule has 4 rings (SSSR count). The molecule has 0 radical (unpaired) electrons. The van der Waals surface area contributed by atoms with Gasteiger partial charge in [-0.05, 0) is 36.4 Å². The number of imidazole rings is 1. The number of pyridine rings is 1. The van der Waals surface area contributed by atoms with Gasteiger partial charge in [0.2, 0.25) is 0 Å². The molecule has 0 aliphatic rings. The van der Waals surface area contributed by atoms with Crippen molar-refractivity contribution in [3.8, 4) is 11.3 Å². The van der Waals surface area contributed by atoms with Crippen LogP contribution in [0.4, 0.5) is 10.1 Å². The number of nitrogens with one attached hydrogen (secondary N) is 1. The monoisotopic (exact) mass is 367 g/mol. The number of halogens is 2. The van der Waals surface area contributed by atoms with Gasteiger partial charge in [0.1, 0.15) is 0 Å². The lowest BCUT2D eigenvalue weighted by atomic mass is 10.1. The maximum atomic E-state index is 14.3. The minimum atomic E-state index is -0.567. The van der Waals surface area contributed by atoms with Gasteiger partial charge in [-0.25, -0.2) is 13.9 Å². The Morgan fingerprint density at radius 3 is 2.81 bits per heavy atom. The summed E-state index contributed by atoms with van der Waals surface area (Å²) in [5.41, 5.74) is 1.81. The standard InChI is InChI=1S/C18H11ClFN5O/c19-13-5-1-4-12(17(13)20)14-6-7-16-22-10-15(25(16)24-14)18(26)23-11-3-2-8-21-9-11/h1-10H,(H,23,26). The highest BCUT2D eigenvalue weighted by Gasteiger charge is 2.16. The minimum Gasteiger partial charge on any atom is -0.319 e. The highest BCUT2D eigenvalue weighted by Crippen LogP contribution is 2.26. The predicted octanol–water partition coefficient (Wildman–Crippen LogP) is 3.84. The average Bonchev–Trinajstić information content (AvgIpc) is 3.08. The van der Waals surface area contributed by atoms with E-state index in [1.54, 1.807) is 42.6 Å². The number of nitrogens with zero attached hydrogens (tertiary/aromatic N) is 4. The summed E-state index contributed by atoms with van der Waals surface area (Å²) in [5, 5.41) is 7.07. The summed E-state index contributed by atoms with van der Waals surface area (Å²) in [4.78, 5) is 20.6. The molecule has 6 nitrogen and oxygen atoms in total. The molecule has 3 heterocycles. The van der Waals surface area contributed by atoms with Gasteiger partial charge in [0.15, 0.2) is 17.2 Å². The van der Waals surface area contributed by atoms with Gasteiger partial charge >= 0.3 is 0 Å². The number of fused-ring (bicyclic) bond motifs is 1. The smallest absolute Gasteiger partial charge is 0.276 e. The molecule has 1 amide bonds. The largest absolute Gasteiger partial charge is 0.319 e. The van der Waals surface area contributed by atoms with E-state index in [1.165, 1.54) is 23.0 Å². The van der Waals surface area contributed by atoms with E-state index in [9.17, 15) is 9.18 Å². The zero-order chi connectivity index (χ0) is 18.1. The maximum Gasteiger partial charge on any atom is 0.276 e. The number of aromatic nitrogens is 4. The fraction of sp³-hybridized carbons (Fsp3) is 0. The Hall–Kier alpha value is -3.32. The molecular formula is C18H11ClFN5O. The highest BCUT2D eigenvalue weighted by molar-refractivity contribution is 6.31. The van der Waals surface area contributed by atoms with Crippen LogP contribution in [0.25, 0.3) is 16.9 Å². The first-order chi connectivity index (χ1) is 12.6. The van der Waals surface area contributed by atoms with Crippen LogP contribution in [0.2, 0.25) is 5.02 Å². The van der Waals surface area contributed by atoms with Crippen LogP contribution in [0, 0.1) is 5.82 Å². The number of anilines is 1. The van der Waals surface area contributed by atoms with Gasteiger partial charge in [-0.2, -0.15) is 5.10 Å². The van der Waals surface area contributed by atoms with Gasteiger partial charge in [0.05, 0.1) is 28.8 Å². The van der Waals surface area contributed by atoms with Crippen LogP contribution in [0.3, 0.4) is 0 Å². The Bertz CT molecular complexity index is 1110. The van der Waals surface area contributed by atoms with Gasteiger partial charge < -0.3 is 5.32 Å². The molecule has 0 fully saturated rings. The van der Waals surface area contributed by atoms with Crippen molar-refractivity contribution in [3.63, 3.8) is 0 Å². The summed E-state index contributed by atoms with van der Waals surface area (Å²) in [6.07, 6.45) is 4.55. The fourth-order valence-electron chi connectivity index (χ4n) is 2.51. The summed E-state index contributed by atoms with van der Waals surface area (Å²) in [5.74, 6) is -0.968. The Balaban J connectivity index is 1.75. The Kier molecular flexibility index (Phi) is 4.06. The van der Waals surface area contributed by atoms with Crippen LogP contribution in [0.15, 0.2) is 61.1 Å². The van der Waals surface area contributed by atoms with Crippen molar-refractivity contribution in [1.82, 2.24) is 19.6 Å². The molecule has 0 bridgehead atoms. The summed E-state index contributed by atoms with van der Waals surface area (Å²) in [6.45, 7) is 0. The van der Waals surface area contributed by atoms with Crippen molar-refractivity contribution in [1.29, 1.82) is 0 Å². The molecule has 0 saturated heterocycles. The maximum absolute atomic E-state index is 14.3. The summed E-state index contributed by atoms with van der Waals surface area (Å²) in [6, 6.07) is 11.4. The van der Waals surface area contributed by atoms with Crippen molar-refractivity contribution in [2.24, 2.45) is 0 Å². The molecule has 0 aliphatic heterocycles. The summed E-state index contributed by atoms with van der Waals surface area (Å²) in [7, 11) is 0. The third-order valence-corrected chi connectivity index (χ3v) is 4.03. The van der Waals surface area contributed by atoms with E-state index in [0.29, 0.717) is 17.0 Å². The van der Waals surface area contributed by atoms with Gasteiger partial charge in [-0.3, -0.25) is 9.78 Å². The lowest BCUT2D eigenvalue weighted by Crippen LogP contribution is -2.15.